The first-order chi connectivity index (χ1) is 16.9. The fourth-order valence-electron chi connectivity index (χ4n) is 4.16. The normalized spacial score (nSPS) is 17.1. The van der Waals surface area contributed by atoms with Crippen molar-refractivity contribution in [2.45, 2.75) is 39.3 Å². The fourth-order valence-corrected chi connectivity index (χ4v) is 4.16. The number of hydrogen-bond donors (Lipinski definition) is 1. The molecule has 2 aromatic carbocycles. The summed E-state index contributed by atoms with van der Waals surface area (Å²) in [5.41, 5.74) is 2.41. The van der Waals surface area contributed by atoms with Crippen molar-refractivity contribution in [2.24, 2.45) is 0 Å². The number of nitrogens with zero attached hydrogens (tertiary/aromatic N) is 2. The number of halogens is 1. The van der Waals surface area contributed by atoms with Crippen LogP contribution < -0.4 is 4.74 Å². The van der Waals surface area contributed by atoms with Crippen LogP contribution in [0.25, 0.3) is 5.76 Å². The molecular formula is C28H27FN2O4. The third-order valence-electron chi connectivity index (χ3n) is 6.01. The van der Waals surface area contributed by atoms with Gasteiger partial charge >= 0.3 is 0 Å². The summed E-state index contributed by atoms with van der Waals surface area (Å²) in [4.78, 5) is 31.7. The van der Waals surface area contributed by atoms with E-state index >= 15 is 0 Å². The average molecular weight is 475 g/mol. The molecule has 7 heteroatoms. The summed E-state index contributed by atoms with van der Waals surface area (Å²) in [5.74, 6) is -1.55. The lowest BCUT2D eigenvalue weighted by atomic mass is 9.94. The predicted octanol–water partition coefficient (Wildman–Crippen LogP) is 5.33. The van der Waals surface area contributed by atoms with E-state index in [9.17, 15) is 19.1 Å². The second kappa shape index (κ2) is 10.5. The Balaban J connectivity index is 1.77. The van der Waals surface area contributed by atoms with Crippen molar-refractivity contribution < 1.29 is 23.8 Å². The lowest BCUT2D eigenvalue weighted by Crippen LogP contribution is -2.29. The van der Waals surface area contributed by atoms with Crippen molar-refractivity contribution in [1.82, 2.24) is 9.88 Å². The maximum Gasteiger partial charge on any atom is 0.295 e. The molecule has 1 fully saturated rings. The largest absolute Gasteiger partial charge is 0.507 e. The van der Waals surface area contributed by atoms with Gasteiger partial charge in [-0.2, -0.15) is 0 Å². The molecule has 1 atom stereocenters. The number of amides is 1. The third-order valence-corrected chi connectivity index (χ3v) is 6.01. The first-order valence-electron chi connectivity index (χ1n) is 11.6. The fraction of sp³-hybridized carbons (Fsp3) is 0.250. The molecule has 1 aromatic heterocycles. The molecule has 6 nitrogen and oxygen atoms in total. The van der Waals surface area contributed by atoms with Crippen LogP contribution in [0.1, 0.15) is 48.1 Å². The highest BCUT2D eigenvalue weighted by Crippen LogP contribution is 2.40. The molecule has 2 heterocycles. The van der Waals surface area contributed by atoms with Crippen molar-refractivity contribution in [1.29, 1.82) is 0 Å². The number of pyridine rings is 1. The molecule has 1 aliphatic rings. The predicted molar refractivity (Wildman–Crippen MR) is 130 cm³/mol. The van der Waals surface area contributed by atoms with E-state index in [4.69, 9.17) is 4.74 Å². The number of rotatable bonds is 8. The van der Waals surface area contributed by atoms with Crippen molar-refractivity contribution in [2.75, 3.05) is 6.61 Å². The zero-order valence-electron chi connectivity index (χ0n) is 19.7. The molecule has 0 radical (unpaired) electrons. The van der Waals surface area contributed by atoms with Crippen LogP contribution in [-0.4, -0.2) is 33.3 Å². The quantitative estimate of drug-likeness (QED) is 0.207. The van der Waals surface area contributed by atoms with Crippen LogP contribution in [0.4, 0.5) is 4.39 Å². The van der Waals surface area contributed by atoms with Gasteiger partial charge in [-0.25, -0.2) is 4.39 Å². The van der Waals surface area contributed by atoms with Crippen LogP contribution in [0.15, 0.2) is 72.6 Å². The molecular weight excluding hydrogens is 447 g/mol. The highest BCUT2D eigenvalue weighted by molar-refractivity contribution is 6.46. The lowest BCUT2D eigenvalue weighted by molar-refractivity contribution is -0.140. The van der Waals surface area contributed by atoms with Gasteiger partial charge in [-0.05, 0) is 66.4 Å². The number of unbranched alkanes of at least 4 members (excludes halogenated alkanes) is 1. The SMILES string of the molecule is CCCCOc1ccc(/C(O)=C2\C(=O)C(=O)N(Cc3cccnc3)C2c2ccc(F)cc2)cc1C. The van der Waals surface area contributed by atoms with E-state index in [1.807, 2.05) is 6.92 Å². The van der Waals surface area contributed by atoms with Crippen LogP contribution in [-0.2, 0) is 16.1 Å². The summed E-state index contributed by atoms with van der Waals surface area (Å²) < 4.78 is 19.4. The van der Waals surface area contributed by atoms with Crippen LogP contribution in [0, 0.1) is 12.7 Å². The summed E-state index contributed by atoms with van der Waals surface area (Å²) in [6.45, 7) is 4.64. The first-order valence-corrected chi connectivity index (χ1v) is 11.6. The van der Waals surface area contributed by atoms with E-state index in [1.54, 1.807) is 42.7 Å². The number of aliphatic hydroxyl groups excluding tert-OH is 1. The van der Waals surface area contributed by atoms with E-state index in [0.717, 1.165) is 24.0 Å². The van der Waals surface area contributed by atoms with Crippen LogP contribution in [0.3, 0.4) is 0 Å². The Morgan fingerprint density at radius 1 is 1.14 bits per heavy atom. The third kappa shape index (κ3) is 5.09. The van der Waals surface area contributed by atoms with Gasteiger partial charge in [-0.3, -0.25) is 14.6 Å². The van der Waals surface area contributed by atoms with E-state index in [1.165, 1.54) is 29.2 Å². The van der Waals surface area contributed by atoms with Gasteiger partial charge in [0.15, 0.2) is 0 Å². The Kier molecular flexibility index (Phi) is 7.25. The molecule has 3 aromatic rings. The number of ketones is 1. The minimum absolute atomic E-state index is 0.0375. The first kappa shape index (κ1) is 24.1. The molecule has 1 saturated heterocycles. The summed E-state index contributed by atoms with van der Waals surface area (Å²) in [6.07, 6.45) is 5.18. The van der Waals surface area contributed by atoms with E-state index < -0.39 is 23.5 Å². The molecule has 0 aliphatic carbocycles. The standard InChI is InChI=1S/C28H27FN2O4/c1-3-4-14-35-23-12-9-21(15-18(23)2)26(32)24-25(20-7-10-22(29)11-8-20)31(28(34)27(24)33)17-19-6-5-13-30-16-19/h5-13,15-16,25,32H,3-4,14,17H2,1-2H3/b26-24+. The highest BCUT2D eigenvalue weighted by atomic mass is 19.1. The Labute approximate surface area is 203 Å². The van der Waals surface area contributed by atoms with Crippen LogP contribution >= 0.6 is 0 Å². The Morgan fingerprint density at radius 2 is 1.91 bits per heavy atom. The van der Waals surface area contributed by atoms with Crippen LogP contribution in [0.5, 0.6) is 5.75 Å². The second-order valence-electron chi connectivity index (χ2n) is 8.52. The van der Waals surface area contributed by atoms with Crippen molar-refractivity contribution in [3.05, 3.63) is 101 Å². The van der Waals surface area contributed by atoms with E-state index in [2.05, 4.69) is 11.9 Å². The monoisotopic (exact) mass is 474 g/mol. The lowest BCUT2D eigenvalue weighted by Gasteiger charge is -2.25. The number of ether oxygens (including phenoxy) is 1. The van der Waals surface area contributed by atoms with Gasteiger partial charge in [0.1, 0.15) is 17.3 Å². The zero-order valence-corrected chi connectivity index (χ0v) is 19.7. The Hall–Kier alpha value is -4.00. The van der Waals surface area contributed by atoms with Gasteiger partial charge in [0.05, 0.1) is 18.2 Å². The van der Waals surface area contributed by atoms with Gasteiger partial charge in [0.2, 0.25) is 0 Å². The van der Waals surface area contributed by atoms with Crippen molar-refractivity contribution >= 4 is 17.4 Å². The molecule has 1 unspecified atom stereocenters. The number of carbonyl (C=O) groups excluding carboxylic acids is 2. The number of aliphatic hydroxyl groups is 1. The minimum Gasteiger partial charge on any atom is -0.507 e. The van der Waals surface area contributed by atoms with Gasteiger partial charge in [0, 0.05) is 24.5 Å². The van der Waals surface area contributed by atoms with Crippen molar-refractivity contribution in [3.8, 4) is 5.75 Å². The molecule has 35 heavy (non-hydrogen) atoms. The molecule has 0 saturated carbocycles. The Morgan fingerprint density at radius 3 is 2.57 bits per heavy atom. The van der Waals surface area contributed by atoms with E-state index in [0.29, 0.717) is 23.5 Å². The molecule has 1 amide bonds. The maximum absolute atomic E-state index is 13.7. The molecule has 0 spiro atoms. The highest BCUT2D eigenvalue weighted by Gasteiger charge is 2.46. The molecule has 0 bridgehead atoms. The zero-order chi connectivity index (χ0) is 24.9. The summed E-state index contributed by atoms with van der Waals surface area (Å²) in [5, 5.41) is 11.3. The smallest absolute Gasteiger partial charge is 0.295 e. The number of aromatic nitrogens is 1. The Bertz CT molecular complexity index is 1260. The van der Waals surface area contributed by atoms with Gasteiger partial charge in [0.25, 0.3) is 11.7 Å². The topological polar surface area (TPSA) is 79.7 Å². The summed E-state index contributed by atoms with van der Waals surface area (Å²) in [7, 11) is 0. The molecule has 180 valence electrons. The van der Waals surface area contributed by atoms with Crippen LogP contribution in [0.2, 0.25) is 0 Å². The number of benzene rings is 2. The molecule has 1 N–H and O–H groups in total. The average Bonchev–Trinajstić information content (AvgIpc) is 3.10. The van der Waals surface area contributed by atoms with E-state index in [-0.39, 0.29) is 17.9 Å². The minimum atomic E-state index is -0.878. The molecule has 4 rings (SSSR count). The summed E-state index contributed by atoms with van der Waals surface area (Å²) >= 11 is 0. The van der Waals surface area contributed by atoms with Gasteiger partial charge < -0.3 is 14.7 Å². The maximum atomic E-state index is 13.7. The van der Waals surface area contributed by atoms with Gasteiger partial charge in [-0.1, -0.05) is 31.5 Å². The number of likely N-dealkylation sites (tertiary alicyclic amines) is 1. The van der Waals surface area contributed by atoms with Gasteiger partial charge in [-0.15, -0.1) is 0 Å². The summed E-state index contributed by atoms with van der Waals surface area (Å²) in [6, 6.07) is 13.4. The van der Waals surface area contributed by atoms with Crippen molar-refractivity contribution in [3.63, 3.8) is 0 Å². The number of hydrogen-bond acceptors (Lipinski definition) is 5. The number of carbonyl (C=O) groups is 2. The second-order valence-corrected chi connectivity index (χ2v) is 8.52. The number of Topliss-reactive ketones (excluding diaryl/α,β-unsaturated/α-hetero) is 1. The number of aryl methyl sites for hydroxylation is 1. The molecule has 1 aliphatic heterocycles.